The van der Waals surface area contributed by atoms with Gasteiger partial charge < -0.3 is 15.7 Å². The summed E-state index contributed by atoms with van der Waals surface area (Å²) in [4.78, 5) is 27.0. The SMILES string of the molecule is Cc1ccc(NC(=O)Nc2ccc(Cl)cc2C(=O)O)cn1. The predicted molar refractivity (Wildman–Crippen MR) is 80.0 cm³/mol. The number of rotatable bonds is 3. The molecule has 0 atom stereocenters. The third-order valence-corrected chi connectivity index (χ3v) is 2.86. The maximum atomic E-state index is 11.9. The number of carbonyl (C=O) groups excluding carboxylic acids is 1. The fraction of sp³-hybridized carbons (Fsp3) is 0.0714. The molecule has 0 unspecified atom stereocenters. The zero-order chi connectivity index (χ0) is 15.4. The molecule has 108 valence electrons. The molecule has 0 saturated carbocycles. The summed E-state index contributed by atoms with van der Waals surface area (Å²) in [6.45, 7) is 1.83. The number of aromatic carboxylic acids is 1. The molecule has 2 aromatic rings. The van der Waals surface area contributed by atoms with Gasteiger partial charge in [-0.2, -0.15) is 0 Å². The van der Waals surface area contributed by atoms with Crippen LogP contribution in [0, 0.1) is 6.92 Å². The molecular weight excluding hydrogens is 294 g/mol. The molecule has 0 aliphatic carbocycles. The lowest BCUT2D eigenvalue weighted by molar-refractivity contribution is 0.0698. The summed E-state index contributed by atoms with van der Waals surface area (Å²) >= 11 is 5.74. The van der Waals surface area contributed by atoms with Crippen LogP contribution >= 0.6 is 11.6 Å². The number of anilines is 2. The van der Waals surface area contributed by atoms with E-state index in [2.05, 4.69) is 15.6 Å². The molecule has 6 nitrogen and oxygen atoms in total. The maximum absolute atomic E-state index is 11.9. The highest BCUT2D eigenvalue weighted by Crippen LogP contribution is 2.21. The van der Waals surface area contributed by atoms with Crippen LogP contribution in [0.5, 0.6) is 0 Å². The third-order valence-electron chi connectivity index (χ3n) is 2.63. The number of hydrogen-bond acceptors (Lipinski definition) is 3. The number of carboxylic acids is 1. The van der Waals surface area contributed by atoms with Crippen molar-refractivity contribution < 1.29 is 14.7 Å². The van der Waals surface area contributed by atoms with Crippen LogP contribution in [0.4, 0.5) is 16.2 Å². The Morgan fingerprint density at radius 3 is 2.57 bits per heavy atom. The smallest absolute Gasteiger partial charge is 0.337 e. The Bertz CT molecular complexity index is 686. The van der Waals surface area contributed by atoms with Crippen molar-refractivity contribution in [3.8, 4) is 0 Å². The molecule has 0 saturated heterocycles. The van der Waals surface area contributed by atoms with Crippen molar-refractivity contribution in [3.05, 3.63) is 52.8 Å². The van der Waals surface area contributed by atoms with E-state index in [0.29, 0.717) is 5.69 Å². The minimum atomic E-state index is -1.18. The number of benzene rings is 1. The topological polar surface area (TPSA) is 91.3 Å². The van der Waals surface area contributed by atoms with Crippen LogP contribution in [0.1, 0.15) is 16.1 Å². The quantitative estimate of drug-likeness (QED) is 0.810. The van der Waals surface area contributed by atoms with Gasteiger partial charge in [0.25, 0.3) is 0 Å². The third kappa shape index (κ3) is 3.93. The minimum absolute atomic E-state index is 0.0836. The molecule has 0 spiro atoms. The van der Waals surface area contributed by atoms with Crippen molar-refractivity contribution in [3.63, 3.8) is 0 Å². The first-order valence-electron chi connectivity index (χ1n) is 5.99. The number of aryl methyl sites for hydroxylation is 1. The summed E-state index contributed by atoms with van der Waals surface area (Å²) in [6, 6.07) is 7.08. The van der Waals surface area contributed by atoms with Gasteiger partial charge in [-0.25, -0.2) is 9.59 Å². The van der Waals surface area contributed by atoms with E-state index in [1.54, 1.807) is 12.1 Å². The largest absolute Gasteiger partial charge is 0.478 e. The van der Waals surface area contributed by atoms with Crippen LogP contribution in [0.3, 0.4) is 0 Å². The van der Waals surface area contributed by atoms with Gasteiger partial charge in [-0.05, 0) is 37.3 Å². The molecule has 0 bridgehead atoms. The highest BCUT2D eigenvalue weighted by Gasteiger charge is 2.13. The monoisotopic (exact) mass is 305 g/mol. The molecule has 0 fully saturated rings. The second-order valence-corrected chi connectivity index (χ2v) is 4.70. The van der Waals surface area contributed by atoms with Crippen molar-refractivity contribution in [2.24, 2.45) is 0 Å². The number of hydrogen-bond donors (Lipinski definition) is 3. The van der Waals surface area contributed by atoms with Gasteiger partial charge in [-0.3, -0.25) is 4.98 Å². The molecule has 0 radical (unpaired) electrons. The average molecular weight is 306 g/mol. The van der Waals surface area contributed by atoms with Gasteiger partial charge in [0.05, 0.1) is 23.1 Å². The number of carboxylic acid groups (broad SMARTS) is 1. The zero-order valence-electron chi connectivity index (χ0n) is 11.1. The normalized spacial score (nSPS) is 10.0. The Kier molecular flexibility index (Phi) is 4.39. The van der Waals surface area contributed by atoms with Gasteiger partial charge in [-0.1, -0.05) is 11.6 Å². The number of pyridine rings is 1. The molecule has 0 aliphatic rings. The Morgan fingerprint density at radius 1 is 1.19 bits per heavy atom. The van der Waals surface area contributed by atoms with Crippen LogP contribution < -0.4 is 10.6 Å². The second kappa shape index (κ2) is 6.23. The van der Waals surface area contributed by atoms with Crippen LogP contribution in [0.15, 0.2) is 36.5 Å². The Labute approximate surface area is 125 Å². The molecule has 21 heavy (non-hydrogen) atoms. The number of nitrogens with one attached hydrogen (secondary N) is 2. The molecule has 0 aliphatic heterocycles. The summed E-state index contributed by atoms with van der Waals surface area (Å²) in [6.07, 6.45) is 1.51. The van der Waals surface area contributed by atoms with Gasteiger partial charge in [0.15, 0.2) is 0 Å². The predicted octanol–water partition coefficient (Wildman–Crippen LogP) is 3.39. The number of nitrogens with zero attached hydrogens (tertiary/aromatic N) is 1. The van der Waals surface area contributed by atoms with Crippen LogP contribution in [-0.4, -0.2) is 22.1 Å². The van der Waals surface area contributed by atoms with Crippen molar-refractivity contribution in [1.82, 2.24) is 4.98 Å². The molecule has 7 heteroatoms. The summed E-state index contributed by atoms with van der Waals surface area (Å²) in [5, 5.41) is 14.4. The van der Waals surface area contributed by atoms with Crippen molar-refractivity contribution in [2.45, 2.75) is 6.92 Å². The fourth-order valence-corrected chi connectivity index (χ4v) is 1.80. The van der Waals surface area contributed by atoms with E-state index in [-0.39, 0.29) is 16.3 Å². The first kappa shape index (κ1) is 14.8. The van der Waals surface area contributed by atoms with E-state index in [1.807, 2.05) is 6.92 Å². The first-order chi connectivity index (χ1) is 9.95. The molecule has 2 amide bonds. The van der Waals surface area contributed by atoms with Crippen LogP contribution in [0.25, 0.3) is 0 Å². The highest BCUT2D eigenvalue weighted by molar-refractivity contribution is 6.31. The Balaban J connectivity index is 2.12. The van der Waals surface area contributed by atoms with E-state index in [1.165, 1.54) is 24.4 Å². The van der Waals surface area contributed by atoms with E-state index >= 15 is 0 Å². The number of amides is 2. The van der Waals surface area contributed by atoms with Crippen molar-refractivity contribution in [2.75, 3.05) is 10.6 Å². The van der Waals surface area contributed by atoms with Gasteiger partial charge in [0.1, 0.15) is 0 Å². The first-order valence-corrected chi connectivity index (χ1v) is 6.37. The zero-order valence-corrected chi connectivity index (χ0v) is 11.8. The lowest BCUT2D eigenvalue weighted by Crippen LogP contribution is -2.21. The number of aromatic nitrogens is 1. The van der Waals surface area contributed by atoms with E-state index in [9.17, 15) is 9.59 Å². The lowest BCUT2D eigenvalue weighted by Gasteiger charge is -2.10. The molecule has 2 rings (SSSR count). The Morgan fingerprint density at radius 2 is 1.95 bits per heavy atom. The van der Waals surface area contributed by atoms with E-state index in [4.69, 9.17) is 16.7 Å². The summed E-state index contributed by atoms with van der Waals surface area (Å²) in [7, 11) is 0. The van der Waals surface area contributed by atoms with Crippen molar-refractivity contribution >= 4 is 35.0 Å². The molecule has 1 aromatic heterocycles. The number of urea groups is 1. The van der Waals surface area contributed by atoms with Crippen molar-refractivity contribution in [1.29, 1.82) is 0 Å². The number of carbonyl (C=O) groups is 2. The number of halogens is 1. The summed E-state index contributed by atoms with van der Waals surface area (Å²) in [5.74, 6) is -1.18. The van der Waals surface area contributed by atoms with Crippen LogP contribution in [-0.2, 0) is 0 Å². The standard InChI is InChI=1S/C14H12ClN3O3/c1-8-2-4-10(7-16-8)17-14(21)18-12-5-3-9(15)6-11(12)13(19)20/h2-7H,1H3,(H,19,20)(H2,17,18,21). The van der Waals surface area contributed by atoms with E-state index in [0.717, 1.165) is 5.69 Å². The van der Waals surface area contributed by atoms with Gasteiger partial charge >= 0.3 is 12.0 Å². The molecule has 1 heterocycles. The lowest BCUT2D eigenvalue weighted by atomic mass is 10.2. The average Bonchev–Trinajstić information content (AvgIpc) is 2.43. The second-order valence-electron chi connectivity index (χ2n) is 4.26. The minimum Gasteiger partial charge on any atom is -0.478 e. The molecular formula is C14H12ClN3O3. The highest BCUT2D eigenvalue weighted by atomic mass is 35.5. The maximum Gasteiger partial charge on any atom is 0.337 e. The Hall–Kier alpha value is -2.60. The molecule has 3 N–H and O–H groups in total. The van der Waals surface area contributed by atoms with Crippen LogP contribution in [0.2, 0.25) is 5.02 Å². The van der Waals surface area contributed by atoms with E-state index < -0.39 is 12.0 Å². The van der Waals surface area contributed by atoms with Gasteiger partial charge in [0.2, 0.25) is 0 Å². The van der Waals surface area contributed by atoms with Gasteiger partial charge in [-0.15, -0.1) is 0 Å². The summed E-state index contributed by atoms with van der Waals surface area (Å²) in [5.41, 5.74) is 1.40. The molecule has 1 aromatic carbocycles. The van der Waals surface area contributed by atoms with Gasteiger partial charge in [0, 0.05) is 10.7 Å². The summed E-state index contributed by atoms with van der Waals surface area (Å²) < 4.78 is 0. The fourth-order valence-electron chi connectivity index (χ4n) is 1.63.